The Morgan fingerprint density at radius 3 is 2.67 bits per heavy atom. The first kappa shape index (κ1) is 12.8. The van der Waals surface area contributed by atoms with E-state index in [1.807, 2.05) is 0 Å². The molecule has 88 valence electrons. The number of nitrogens with one attached hydrogen (secondary N) is 1. The summed E-state index contributed by atoms with van der Waals surface area (Å²) in [4.78, 5) is 11.5. The Morgan fingerprint density at radius 1 is 1.53 bits per heavy atom. The van der Waals surface area contributed by atoms with E-state index in [1.54, 1.807) is 11.8 Å². The van der Waals surface area contributed by atoms with Gasteiger partial charge in [0.1, 0.15) is 5.54 Å². The largest absolute Gasteiger partial charge is 0.480 e. The Morgan fingerprint density at radius 2 is 2.20 bits per heavy atom. The molecule has 1 saturated heterocycles. The van der Waals surface area contributed by atoms with E-state index >= 15 is 0 Å². The van der Waals surface area contributed by atoms with Crippen LogP contribution in [0.25, 0.3) is 0 Å². The molecule has 1 aliphatic rings. The van der Waals surface area contributed by atoms with E-state index in [-0.39, 0.29) is 5.41 Å². The van der Waals surface area contributed by atoms with E-state index in [0.29, 0.717) is 5.75 Å². The molecule has 0 bridgehead atoms. The summed E-state index contributed by atoms with van der Waals surface area (Å²) in [6.45, 7) is 6.95. The molecular weight excluding hydrogens is 210 g/mol. The van der Waals surface area contributed by atoms with Gasteiger partial charge < -0.3 is 10.4 Å². The average molecular weight is 231 g/mol. The Balaban J connectivity index is 2.90. The van der Waals surface area contributed by atoms with Gasteiger partial charge in [0.25, 0.3) is 0 Å². The Labute approximate surface area is 96.0 Å². The second kappa shape index (κ2) is 4.74. The molecule has 1 aliphatic heterocycles. The quantitative estimate of drug-likeness (QED) is 0.776. The van der Waals surface area contributed by atoms with Crippen molar-refractivity contribution in [1.29, 1.82) is 0 Å². The molecule has 0 saturated carbocycles. The molecule has 1 rings (SSSR count). The number of rotatable bonds is 4. The van der Waals surface area contributed by atoms with E-state index in [9.17, 15) is 9.90 Å². The van der Waals surface area contributed by atoms with E-state index in [2.05, 4.69) is 26.1 Å². The number of aliphatic carboxylic acids is 1. The Hall–Kier alpha value is -0.220. The van der Waals surface area contributed by atoms with Crippen molar-refractivity contribution < 1.29 is 9.90 Å². The topological polar surface area (TPSA) is 49.3 Å². The van der Waals surface area contributed by atoms with Gasteiger partial charge in [-0.1, -0.05) is 20.8 Å². The maximum Gasteiger partial charge on any atom is 0.325 e. The molecule has 2 N–H and O–H groups in total. The van der Waals surface area contributed by atoms with Crippen LogP contribution >= 0.6 is 11.8 Å². The lowest BCUT2D eigenvalue weighted by atomic mass is 9.70. The van der Waals surface area contributed by atoms with Crippen LogP contribution in [0.4, 0.5) is 0 Å². The molecule has 0 aromatic rings. The molecule has 0 spiro atoms. The maximum atomic E-state index is 11.5. The van der Waals surface area contributed by atoms with Crippen molar-refractivity contribution in [2.24, 2.45) is 5.41 Å². The fourth-order valence-electron chi connectivity index (χ4n) is 2.02. The minimum Gasteiger partial charge on any atom is -0.480 e. The predicted octanol–water partition coefficient (Wildman–Crippen LogP) is 1.97. The molecular formula is C11H21NO2S. The summed E-state index contributed by atoms with van der Waals surface area (Å²) in [5, 5.41) is 12.7. The van der Waals surface area contributed by atoms with Gasteiger partial charge in [-0.15, -0.1) is 0 Å². The van der Waals surface area contributed by atoms with Crippen molar-refractivity contribution in [1.82, 2.24) is 5.32 Å². The second-order valence-corrected chi connectivity index (χ2v) is 5.93. The van der Waals surface area contributed by atoms with Crippen LogP contribution in [-0.4, -0.2) is 34.7 Å². The van der Waals surface area contributed by atoms with Crippen molar-refractivity contribution >= 4 is 17.7 Å². The fraction of sp³-hybridized carbons (Fsp3) is 0.909. The van der Waals surface area contributed by atoms with Crippen LogP contribution in [0.3, 0.4) is 0 Å². The molecule has 4 heteroatoms. The molecule has 3 nitrogen and oxygen atoms in total. The molecule has 1 atom stereocenters. The van der Waals surface area contributed by atoms with Gasteiger partial charge in [0, 0.05) is 5.75 Å². The second-order valence-electron chi connectivity index (χ2n) is 4.82. The van der Waals surface area contributed by atoms with Crippen molar-refractivity contribution in [3.63, 3.8) is 0 Å². The average Bonchev–Trinajstić information content (AvgIpc) is 2.15. The highest BCUT2D eigenvalue weighted by molar-refractivity contribution is 7.99. The number of carboxylic acids is 1. The lowest BCUT2D eigenvalue weighted by Crippen LogP contribution is -2.65. The summed E-state index contributed by atoms with van der Waals surface area (Å²) in [5.41, 5.74) is -0.912. The van der Waals surface area contributed by atoms with Gasteiger partial charge in [0.2, 0.25) is 0 Å². The summed E-state index contributed by atoms with van der Waals surface area (Å²) >= 11 is 1.74. The molecule has 0 aromatic carbocycles. The van der Waals surface area contributed by atoms with Crippen LogP contribution < -0.4 is 5.32 Å². The highest BCUT2D eigenvalue weighted by atomic mass is 32.2. The first-order valence-electron chi connectivity index (χ1n) is 5.52. The summed E-state index contributed by atoms with van der Waals surface area (Å²) in [6.07, 6.45) is 1.93. The van der Waals surface area contributed by atoms with Crippen LogP contribution in [0.5, 0.6) is 0 Å². The number of thioether (sulfide) groups is 1. The Bertz CT molecular complexity index is 243. The van der Waals surface area contributed by atoms with Gasteiger partial charge >= 0.3 is 5.97 Å². The van der Waals surface area contributed by atoms with Gasteiger partial charge in [0.05, 0.1) is 0 Å². The van der Waals surface area contributed by atoms with Crippen LogP contribution in [0.1, 0.15) is 33.6 Å². The van der Waals surface area contributed by atoms with Crippen LogP contribution in [0, 0.1) is 5.41 Å². The minimum absolute atomic E-state index is 0.167. The van der Waals surface area contributed by atoms with E-state index in [0.717, 1.165) is 25.1 Å². The fourth-order valence-corrected chi connectivity index (χ4v) is 3.74. The van der Waals surface area contributed by atoms with Gasteiger partial charge in [-0.25, -0.2) is 0 Å². The van der Waals surface area contributed by atoms with Gasteiger partial charge in [-0.2, -0.15) is 11.8 Å². The van der Waals surface area contributed by atoms with Crippen LogP contribution in [-0.2, 0) is 4.79 Å². The van der Waals surface area contributed by atoms with E-state index in [1.165, 1.54) is 0 Å². The monoisotopic (exact) mass is 231 g/mol. The first-order valence-corrected chi connectivity index (χ1v) is 6.68. The van der Waals surface area contributed by atoms with Gasteiger partial charge in [-0.3, -0.25) is 4.79 Å². The summed E-state index contributed by atoms with van der Waals surface area (Å²) < 4.78 is 0. The molecule has 1 fully saturated rings. The minimum atomic E-state index is -0.744. The number of carbonyl (C=O) groups is 1. The lowest BCUT2D eigenvalue weighted by Gasteiger charge is -2.47. The highest BCUT2D eigenvalue weighted by Crippen LogP contribution is 2.42. The van der Waals surface area contributed by atoms with Crippen molar-refractivity contribution in [3.05, 3.63) is 0 Å². The molecule has 1 unspecified atom stereocenters. The first-order chi connectivity index (χ1) is 6.96. The SMILES string of the molecule is CCCNC1(C(=O)O)CSCCC1(C)C. The molecule has 1 heterocycles. The standard InChI is InChI=1S/C11H21NO2S/c1-4-6-12-11(9(13)14)8-15-7-5-10(11,2)3/h12H,4-8H2,1-3H3,(H,13,14). The van der Waals surface area contributed by atoms with Gasteiger partial charge in [-0.05, 0) is 30.6 Å². The summed E-state index contributed by atoms with van der Waals surface area (Å²) in [5.74, 6) is 1.04. The molecule has 15 heavy (non-hydrogen) atoms. The number of carboxylic acid groups (broad SMARTS) is 1. The zero-order valence-corrected chi connectivity index (χ0v) is 10.6. The normalized spacial score (nSPS) is 30.1. The molecule has 0 aromatic heterocycles. The van der Waals surface area contributed by atoms with Crippen molar-refractivity contribution in [3.8, 4) is 0 Å². The van der Waals surface area contributed by atoms with E-state index in [4.69, 9.17) is 0 Å². The third kappa shape index (κ3) is 2.31. The number of hydrogen-bond acceptors (Lipinski definition) is 3. The summed E-state index contributed by atoms with van der Waals surface area (Å²) in [6, 6.07) is 0. The molecule has 0 radical (unpaired) electrons. The maximum absolute atomic E-state index is 11.5. The smallest absolute Gasteiger partial charge is 0.325 e. The van der Waals surface area contributed by atoms with Gasteiger partial charge in [0.15, 0.2) is 0 Å². The molecule has 0 amide bonds. The van der Waals surface area contributed by atoms with Crippen molar-refractivity contribution in [2.75, 3.05) is 18.1 Å². The zero-order chi connectivity index (χ0) is 11.5. The molecule has 0 aliphatic carbocycles. The number of hydrogen-bond donors (Lipinski definition) is 2. The van der Waals surface area contributed by atoms with Crippen molar-refractivity contribution in [2.45, 2.75) is 39.2 Å². The summed E-state index contributed by atoms with van der Waals surface area (Å²) in [7, 11) is 0. The Kier molecular flexibility index (Phi) is 4.06. The zero-order valence-electron chi connectivity index (χ0n) is 9.80. The van der Waals surface area contributed by atoms with Crippen LogP contribution in [0.15, 0.2) is 0 Å². The lowest BCUT2D eigenvalue weighted by molar-refractivity contribution is -0.149. The highest BCUT2D eigenvalue weighted by Gasteiger charge is 2.52. The van der Waals surface area contributed by atoms with E-state index < -0.39 is 11.5 Å². The predicted molar refractivity (Wildman–Crippen MR) is 64.4 cm³/mol. The third-order valence-electron chi connectivity index (χ3n) is 3.39. The van der Waals surface area contributed by atoms with Crippen LogP contribution in [0.2, 0.25) is 0 Å². The third-order valence-corrected chi connectivity index (χ3v) is 4.52.